The SMILES string of the molecule is COc1ccc2c(c1)CCCN2Cc1nc2scc(-c3ccco3)c2c(=O)[nH]1. The Hall–Kier alpha value is -3.06. The molecule has 0 saturated heterocycles. The maximum atomic E-state index is 12.8. The number of thiophene rings is 1. The van der Waals surface area contributed by atoms with Gasteiger partial charge in [0.05, 0.1) is 25.3 Å². The fourth-order valence-electron chi connectivity index (χ4n) is 3.80. The molecule has 7 heteroatoms. The Labute approximate surface area is 165 Å². The zero-order valence-electron chi connectivity index (χ0n) is 15.4. The molecule has 4 heterocycles. The zero-order chi connectivity index (χ0) is 19.1. The van der Waals surface area contributed by atoms with Gasteiger partial charge in [-0.1, -0.05) is 0 Å². The maximum Gasteiger partial charge on any atom is 0.260 e. The van der Waals surface area contributed by atoms with E-state index in [1.165, 1.54) is 22.6 Å². The fraction of sp³-hybridized carbons (Fsp3) is 0.238. The molecule has 0 saturated carbocycles. The quantitative estimate of drug-likeness (QED) is 0.562. The molecule has 1 aliphatic heterocycles. The molecule has 0 atom stereocenters. The molecule has 3 aromatic heterocycles. The molecular weight excluding hydrogens is 374 g/mol. The summed E-state index contributed by atoms with van der Waals surface area (Å²) in [6.07, 6.45) is 3.70. The van der Waals surface area contributed by atoms with Crippen LogP contribution in [-0.2, 0) is 13.0 Å². The number of hydrogen-bond donors (Lipinski definition) is 1. The van der Waals surface area contributed by atoms with Crippen LogP contribution in [0.15, 0.2) is 51.2 Å². The van der Waals surface area contributed by atoms with Crippen molar-refractivity contribution in [3.05, 3.63) is 63.7 Å². The van der Waals surface area contributed by atoms with Crippen molar-refractivity contribution in [1.29, 1.82) is 0 Å². The standard InChI is InChI=1S/C21H19N3O3S/c1-26-14-6-7-16-13(10-14)4-2-8-24(16)11-18-22-20(25)19-15(12-28-21(19)23-18)17-5-3-9-27-17/h3,5-7,9-10,12H,2,4,8,11H2,1H3,(H,22,23,25). The number of anilines is 1. The lowest BCUT2D eigenvalue weighted by Gasteiger charge is -2.31. The number of hydrogen-bond acceptors (Lipinski definition) is 6. The largest absolute Gasteiger partial charge is 0.497 e. The number of ether oxygens (including phenoxy) is 1. The van der Waals surface area contributed by atoms with Crippen LogP contribution >= 0.6 is 11.3 Å². The summed E-state index contributed by atoms with van der Waals surface area (Å²) >= 11 is 1.47. The van der Waals surface area contributed by atoms with Gasteiger partial charge in [-0.2, -0.15) is 0 Å². The molecule has 0 spiro atoms. The Kier molecular flexibility index (Phi) is 4.16. The molecule has 5 rings (SSSR count). The predicted octanol–water partition coefficient (Wildman–Crippen LogP) is 4.21. The van der Waals surface area contributed by atoms with E-state index >= 15 is 0 Å². The number of H-pyrrole nitrogens is 1. The van der Waals surface area contributed by atoms with E-state index in [4.69, 9.17) is 14.1 Å². The van der Waals surface area contributed by atoms with Crippen LogP contribution < -0.4 is 15.2 Å². The van der Waals surface area contributed by atoms with Crippen LogP contribution in [-0.4, -0.2) is 23.6 Å². The first-order valence-electron chi connectivity index (χ1n) is 9.19. The first-order chi connectivity index (χ1) is 13.7. The number of nitrogens with zero attached hydrogens (tertiary/aromatic N) is 2. The molecular formula is C21H19N3O3S. The van der Waals surface area contributed by atoms with Crippen LogP contribution in [0, 0.1) is 0 Å². The molecule has 0 amide bonds. The third-order valence-electron chi connectivity index (χ3n) is 5.12. The highest BCUT2D eigenvalue weighted by molar-refractivity contribution is 7.17. The summed E-state index contributed by atoms with van der Waals surface area (Å²) in [6.45, 7) is 1.50. The van der Waals surface area contributed by atoms with Gasteiger partial charge >= 0.3 is 0 Å². The molecule has 1 aliphatic rings. The van der Waals surface area contributed by atoms with Gasteiger partial charge in [0.1, 0.15) is 22.2 Å². The van der Waals surface area contributed by atoms with Gasteiger partial charge in [-0.05, 0) is 48.7 Å². The van der Waals surface area contributed by atoms with E-state index in [1.54, 1.807) is 13.4 Å². The van der Waals surface area contributed by atoms with E-state index in [1.807, 2.05) is 23.6 Å². The summed E-state index contributed by atoms with van der Waals surface area (Å²) in [5.74, 6) is 2.23. The average molecular weight is 393 g/mol. The molecule has 1 aromatic carbocycles. The Morgan fingerprint density at radius 3 is 3.11 bits per heavy atom. The van der Waals surface area contributed by atoms with Crippen LogP contribution in [0.25, 0.3) is 21.5 Å². The lowest BCUT2D eigenvalue weighted by molar-refractivity contribution is 0.414. The summed E-state index contributed by atoms with van der Waals surface area (Å²) in [6, 6.07) is 9.83. The van der Waals surface area contributed by atoms with Crippen molar-refractivity contribution in [2.75, 3.05) is 18.6 Å². The highest BCUT2D eigenvalue weighted by Crippen LogP contribution is 2.33. The first-order valence-corrected chi connectivity index (χ1v) is 10.1. The zero-order valence-corrected chi connectivity index (χ0v) is 16.2. The molecule has 0 bridgehead atoms. The van der Waals surface area contributed by atoms with Gasteiger partial charge in [0.2, 0.25) is 0 Å². The Morgan fingerprint density at radius 2 is 2.29 bits per heavy atom. The van der Waals surface area contributed by atoms with Crippen LogP contribution in [0.5, 0.6) is 5.75 Å². The summed E-state index contributed by atoms with van der Waals surface area (Å²) < 4.78 is 10.8. The lowest BCUT2D eigenvalue weighted by Crippen LogP contribution is -2.30. The number of furan rings is 1. The smallest absolute Gasteiger partial charge is 0.260 e. The number of rotatable bonds is 4. The van der Waals surface area contributed by atoms with Crippen molar-refractivity contribution in [3.8, 4) is 17.1 Å². The van der Waals surface area contributed by atoms with Gasteiger partial charge in [-0.25, -0.2) is 4.98 Å². The predicted molar refractivity (Wildman–Crippen MR) is 110 cm³/mol. The minimum absolute atomic E-state index is 0.125. The first kappa shape index (κ1) is 17.1. The topological polar surface area (TPSA) is 71.4 Å². The van der Waals surface area contributed by atoms with E-state index < -0.39 is 0 Å². The number of aromatic nitrogens is 2. The van der Waals surface area contributed by atoms with Crippen molar-refractivity contribution in [1.82, 2.24) is 9.97 Å². The number of fused-ring (bicyclic) bond motifs is 2. The molecule has 142 valence electrons. The highest BCUT2D eigenvalue weighted by Gasteiger charge is 2.20. The molecule has 4 aromatic rings. The van der Waals surface area contributed by atoms with Crippen molar-refractivity contribution >= 4 is 27.2 Å². The van der Waals surface area contributed by atoms with Crippen LogP contribution in [0.3, 0.4) is 0 Å². The summed E-state index contributed by atoms with van der Waals surface area (Å²) in [5.41, 5.74) is 3.11. The van der Waals surface area contributed by atoms with Gasteiger partial charge in [-0.3, -0.25) is 4.79 Å². The number of benzene rings is 1. The number of nitrogens with one attached hydrogen (secondary N) is 1. The van der Waals surface area contributed by atoms with Gasteiger partial charge in [0.15, 0.2) is 0 Å². The van der Waals surface area contributed by atoms with E-state index in [0.717, 1.165) is 35.5 Å². The van der Waals surface area contributed by atoms with Crippen LogP contribution in [0.4, 0.5) is 5.69 Å². The summed E-state index contributed by atoms with van der Waals surface area (Å²) in [5, 5.41) is 2.52. The molecule has 0 aliphatic carbocycles. The van der Waals surface area contributed by atoms with Crippen LogP contribution in [0.1, 0.15) is 17.8 Å². The van der Waals surface area contributed by atoms with Gasteiger partial charge < -0.3 is 19.0 Å². The average Bonchev–Trinajstić information content (AvgIpc) is 3.37. The van der Waals surface area contributed by atoms with Crippen molar-refractivity contribution in [3.63, 3.8) is 0 Å². The third-order valence-corrected chi connectivity index (χ3v) is 5.99. The Balaban J connectivity index is 1.50. The maximum absolute atomic E-state index is 12.8. The van der Waals surface area contributed by atoms with E-state index in [0.29, 0.717) is 23.5 Å². The second-order valence-electron chi connectivity index (χ2n) is 6.84. The second kappa shape index (κ2) is 6.83. The van der Waals surface area contributed by atoms with Gasteiger partial charge in [0, 0.05) is 23.2 Å². The van der Waals surface area contributed by atoms with E-state index in [9.17, 15) is 4.79 Å². The molecule has 0 radical (unpaired) electrons. The minimum Gasteiger partial charge on any atom is -0.497 e. The van der Waals surface area contributed by atoms with Crippen molar-refractivity contribution in [2.45, 2.75) is 19.4 Å². The van der Waals surface area contributed by atoms with Crippen LogP contribution in [0.2, 0.25) is 0 Å². The summed E-state index contributed by atoms with van der Waals surface area (Å²) in [7, 11) is 1.68. The van der Waals surface area contributed by atoms with Gasteiger partial charge in [0.25, 0.3) is 5.56 Å². The lowest BCUT2D eigenvalue weighted by atomic mass is 10.0. The molecule has 1 N–H and O–H groups in total. The molecule has 0 unspecified atom stereocenters. The number of aryl methyl sites for hydroxylation is 1. The third kappa shape index (κ3) is 2.88. The highest BCUT2D eigenvalue weighted by atomic mass is 32.1. The normalized spacial score (nSPS) is 13.7. The van der Waals surface area contributed by atoms with E-state index in [2.05, 4.69) is 22.0 Å². The molecule has 6 nitrogen and oxygen atoms in total. The second-order valence-corrected chi connectivity index (χ2v) is 7.70. The Bertz CT molecular complexity index is 1190. The molecule has 0 fully saturated rings. The van der Waals surface area contributed by atoms with Crippen molar-refractivity contribution < 1.29 is 9.15 Å². The van der Waals surface area contributed by atoms with Crippen molar-refractivity contribution in [2.24, 2.45) is 0 Å². The number of methoxy groups -OCH3 is 1. The Morgan fingerprint density at radius 1 is 1.36 bits per heavy atom. The minimum atomic E-state index is -0.125. The summed E-state index contributed by atoms with van der Waals surface area (Å²) in [4.78, 5) is 23.5. The number of aromatic amines is 1. The fourth-order valence-corrected chi connectivity index (χ4v) is 4.75. The monoisotopic (exact) mass is 393 g/mol. The van der Waals surface area contributed by atoms with Gasteiger partial charge in [-0.15, -0.1) is 11.3 Å². The molecule has 28 heavy (non-hydrogen) atoms. The van der Waals surface area contributed by atoms with E-state index in [-0.39, 0.29) is 5.56 Å².